The summed E-state index contributed by atoms with van der Waals surface area (Å²) in [5.74, 6) is -0.128. The standard InChI is InChI=1S/C23H46O7/c1-4-5-6-7-8-9-10-11-23(24)30-21-19-28-17-15-26-13-12-25-14-16-27-18-20-29-22(2)3/h22H,4-21H2,1-3H3. The lowest BCUT2D eigenvalue weighted by Gasteiger charge is -2.09. The van der Waals surface area contributed by atoms with Crippen molar-refractivity contribution in [2.45, 2.75) is 78.2 Å². The first-order valence-electron chi connectivity index (χ1n) is 11.7. The van der Waals surface area contributed by atoms with Crippen LogP contribution in [0.1, 0.15) is 72.1 Å². The van der Waals surface area contributed by atoms with Crippen molar-refractivity contribution >= 4 is 5.97 Å². The zero-order valence-electron chi connectivity index (χ0n) is 19.7. The van der Waals surface area contributed by atoms with Gasteiger partial charge >= 0.3 is 5.97 Å². The Kier molecular flexibility index (Phi) is 23.9. The van der Waals surface area contributed by atoms with Crippen LogP contribution in [-0.4, -0.2) is 78.1 Å². The second-order valence-corrected chi connectivity index (χ2v) is 7.46. The Morgan fingerprint density at radius 1 is 0.600 bits per heavy atom. The minimum atomic E-state index is -0.128. The van der Waals surface area contributed by atoms with Crippen molar-refractivity contribution in [1.82, 2.24) is 0 Å². The molecule has 0 fully saturated rings. The fourth-order valence-corrected chi connectivity index (χ4v) is 2.62. The molecule has 0 saturated carbocycles. The van der Waals surface area contributed by atoms with E-state index in [0.717, 1.165) is 12.8 Å². The van der Waals surface area contributed by atoms with Gasteiger partial charge in [-0.1, -0.05) is 45.4 Å². The quantitative estimate of drug-likeness (QED) is 0.167. The van der Waals surface area contributed by atoms with E-state index in [-0.39, 0.29) is 12.1 Å². The maximum absolute atomic E-state index is 11.6. The Hall–Kier alpha value is -0.730. The van der Waals surface area contributed by atoms with Crippen molar-refractivity contribution in [2.24, 2.45) is 0 Å². The van der Waals surface area contributed by atoms with E-state index in [4.69, 9.17) is 28.4 Å². The number of carbonyl (C=O) groups excluding carboxylic acids is 1. The van der Waals surface area contributed by atoms with Crippen LogP contribution in [0.25, 0.3) is 0 Å². The molecule has 0 saturated heterocycles. The van der Waals surface area contributed by atoms with Crippen molar-refractivity contribution in [1.29, 1.82) is 0 Å². The Labute approximate surface area is 184 Å². The van der Waals surface area contributed by atoms with Crippen molar-refractivity contribution in [3.8, 4) is 0 Å². The number of hydrogen-bond donors (Lipinski definition) is 0. The molecule has 0 N–H and O–H groups in total. The summed E-state index contributed by atoms with van der Waals surface area (Å²) in [4.78, 5) is 11.6. The second kappa shape index (κ2) is 24.5. The van der Waals surface area contributed by atoms with Crippen LogP contribution in [-0.2, 0) is 33.2 Å². The van der Waals surface area contributed by atoms with Crippen molar-refractivity contribution < 1.29 is 33.2 Å². The van der Waals surface area contributed by atoms with Crippen LogP contribution >= 0.6 is 0 Å². The zero-order chi connectivity index (χ0) is 22.1. The number of unbranched alkanes of at least 4 members (excludes halogenated alkanes) is 6. The predicted molar refractivity (Wildman–Crippen MR) is 118 cm³/mol. The molecule has 0 aromatic carbocycles. The molecule has 0 aromatic heterocycles. The molecule has 0 rings (SSSR count). The summed E-state index contributed by atoms with van der Waals surface area (Å²) >= 11 is 0. The number of hydrogen-bond acceptors (Lipinski definition) is 7. The average Bonchev–Trinajstić information content (AvgIpc) is 2.72. The fourth-order valence-electron chi connectivity index (χ4n) is 2.62. The molecule has 0 atom stereocenters. The van der Waals surface area contributed by atoms with E-state index in [2.05, 4.69) is 6.92 Å². The molecule has 0 heterocycles. The summed E-state index contributed by atoms with van der Waals surface area (Å²) in [6, 6.07) is 0. The molecular formula is C23H46O7. The van der Waals surface area contributed by atoms with Crippen LogP contribution in [0.5, 0.6) is 0 Å². The SMILES string of the molecule is CCCCCCCCCC(=O)OCCOCCOCCOCCOCCOC(C)C. The summed E-state index contributed by atoms with van der Waals surface area (Å²) in [6.45, 7) is 11.3. The normalized spacial score (nSPS) is 11.3. The van der Waals surface area contributed by atoms with Gasteiger partial charge in [-0.3, -0.25) is 4.79 Å². The van der Waals surface area contributed by atoms with Gasteiger partial charge in [0.25, 0.3) is 0 Å². The van der Waals surface area contributed by atoms with E-state index < -0.39 is 0 Å². The van der Waals surface area contributed by atoms with E-state index in [1.807, 2.05) is 13.8 Å². The van der Waals surface area contributed by atoms with Gasteiger partial charge in [-0.05, 0) is 20.3 Å². The summed E-state index contributed by atoms with van der Waals surface area (Å²) in [5, 5.41) is 0. The van der Waals surface area contributed by atoms with Gasteiger partial charge in [0, 0.05) is 6.42 Å². The third kappa shape index (κ3) is 25.3. The first-order chi connectivity index (χ1) is 14.7. The summed E-state index contributed by atoms with van der Waals surface area (Å²) in [5.41, 5.74) is 0. The Morgan fingerprint density at radius 3 is 1.53 bits per heavy atom. The monoisotopic (exact) mass is 434 g/mol. The molecule has 30 heavy (non-hydrogen) atoms. The smallest absolute Gasteiger partial charge is 0.305 e. The molecule has 0 aromatic rings. The Bertz CT molecular complexity index is 350. The van der Waals surface area contributed by atoms with Gasteiger partial charge in [0.15, 0.2) is 0 Å². The minimum absolute atomic E-state index is 0.128. The van der Waals surface area contributed by atoms with Gasteiger partial charge in [0.05, 0.1) is 65.6 Å². The maximum atomic E-state index is 11.6. The third-order valence-electron chi connectivity index (χ3n) is 4.27. The number of ether oxygens (including phenoxy) is 6. The number of carbonyl (C=O) groups is 1. The molecule has 0 aliphatic carbocycles. The highest BCUT2D eigenvalue weighted by Crippen LogP contribution is 2.08. The van der Waals surface area contributed by atoms with E-state index in [0.29, 0.717) is 72.5 Å². The zero-order valence-corrected chi connectivity index (χ0v) is 19.7. The lowest BCUT2D eigenvalue weighted by Crippen LogP contribution is -2.15. The van der Waals surface area contributed by atoms with Gasteiger partial charge < -0.3 is 28.4 Å². The van der Waals surface area contributed by atoms with E-state index >= 15 is 0 Å². The third-order valence-corrected chi connectivity index (χ3v) is 4.27. The van der Waals surface area contributed by atoms with Gasteiger partial charge in [-0.25, -0.2) is 0 Å². The molecule has 0 unspecified atom stereocenters. The molecule has 0 radical (unpaired) electrons. The molecule has 0 spiro atoms. The molecule has 0 bridgehead atoms. The molecule has 180 valence electrons. The van der Waals surface area contributed by atoms with Crippen LogP contribution in [0.4, 0.5) is 0 Å². The van der Waals surface area contributed by atoms with Crippen LogP contribution in [0, 0.1) is 0 Å². The first kappa shape index (κ1) is 29.3. The van der Waals surface area contributed by atoms with E-state index in [9.17, 15) is 4.79 Å². The van der Waals surface area contributed by atoms with Crippen molar-refractivity contribution in [2.75, 3.05) is 66.1 Å². The number of rotatable bonds is 24. The molecule has 0 aliphatic rings. The fraction of sp³-hybridized carbons (Fsp3) is 0.957. The number of esters is 1. The summed E-state index contributed by atoms with van der Waals surface area (Å²) < 4.78 is 32.1. The molecule has 7 heteroatoms. The molecule has 0 aliphatic heterocycles. The lowest BCUT2D eigenvalue weighted by atomic mass is 10.1. The Balaban J connectivity index is 3.12. The second-order valence-electron chi connectivity index (χ2n) is 7.46. The van der Waals surface area contributed by atoms with Crippen LogP contribution < -0.4 is 0 Å². The van der Waals surface area contributed by atoms with Crippen molar-refractivity contribution in [3.63, 3.8) is 0 Å². The van der Waals surface area contributed by atoms with Crippen LogP contribution in [0.15, 0.2) is 0 Å². The van der Waals surface area contributed by atoms with Gasteiger partial charge in [0.1, 0.15) is 6.61 Å². The highest BCUT2D eigenvalue weighted by Gasteiger charge is 2.02. The average molecular weight is 435 g/mol. The molecule has 7 nitrogen and oxygen atoms in total. The van der Waals surface area contributed by atoms with E-state index in [1.165, 1.54) is 32.1 Å². The molecular weight excluding hydrogens is 388 g/mol. The summed E-state index contributed by atoms with van der Waals surface area (Å²) in [7, 11) is 0. The molecule has 0 amide bonds. The van der Waals surface area contributed by atoms with Gasteiger partial charge in [-0.15, -0.1) is 0 Å². The van der Waals surface area contributed by atoms with Crippen LogP contribution in [0.3, 0.4) is 0 Å². The largest absolute Gasteiger partial charge is 0.463 e. The topological polar surface area (TPSA) is 72.5 Å². The predicted octanol–water partition coefficient (Wildman–Crippen LogP) is 4.16. The highest BCUT2D eigenvalue weighted by atomic mass is 16.6. The van der Waals surface area contributed by atoms with Crippen LogP contribution in [0.2, 0.25) is 0 Å². The van der Waals surface area contributed by atoms with Crippen molar-refractivity contribution in [3.05, 3.63) is 0 Å². The minimum Gasteiger partial charge on any atom is -0.463 e. The van der Waals surface area contributed by atoms with Gasteiger partial charge in [0.2, 0.25) is 0 Å². The maximum Gasteiger partial charge on any atom is 0.305 e. The Morgan fingerprint density at radius 2 is 1.03 bits per heavy atom. The van der Waals surface area contributed by atoms with Gasteiger partial charge in [-0.2, -0.15) is 0 Å². The summed E-state index contributed by atoms with van der Waals surface area (Å²) in [6.07, 6.45) is 9.13. The lowest BCUT2D eigenvalue weighted by molar-refractivity contribution is -0.145. The first-order valence-corrected chi connectivity index (χ1v) is 11.7. The highest BCUT2D eigenvalue weighted by molar-refractivity contribution is 5.69. The van der Waals surface area contributed by atoms with E-state index in [1.54, 1.807) is 0 Å².